The molecule has 3 heteroatoms. The third-order valence-electron chi connectivity index (χ3n) is 3.94. The number of benzene rings is 1. The molecule has 0 radical (unpaired) electrons. The third-order valence-corrected chi connectivity index (χ3v) is 3.94. The Bertz CT molecular complexity index is 404. The van der Waals surface area contributed by atoms with Crippen molar-refractivity contribution in [3.63, 3.8) is 0 Å². The van der Waals surface area contributed by atoms with E-state index in [9.17, 15) is 0 Å². The minimum absolute atomic E-state index is 0.851. The summed E-state index contributed by atoms with van der Waals surface area (Å²) in [6.07, 6.45) is 1.11. The molecule has 3 nitrogen and oxygen atoms in total. The van der Waals surface area contributed by atoms with Crippen molar-refractivity contribution >= 4 is 0 Å². The number of nitrogens with one attached hydrogen (secondary N) is 1. The van der Waals surface area contributed by atoms with Crippen LogP contribution in [0.4, 0.5) is 0 Å². The van der Waals surface area contributed by atoms with Gasteiger partial charge in [-0.05, 0) is 49.9 Å². The van der Waals surface area contributed by atoms with Crippen LogP contribution in [0.3, 0.4) is 0 Å². The first-order valence-electron chi connectivity index (χ1n) is 7.13. The van der Waals surface area contributed by atoms with Crippen LogP contribution < -0.4 is 10.1 Å². The van der Waals surface area contributed by atoms with E-state index in [1.807, 2.05) is 0 Å². The Morgan fingerprint density at radius 3 is 2.37 bits per heavy atom. The summed E-state index contributed by atoms with van der Waals surface area (Å²) in [5, 5.41) is 3.33. The van der Waals surface area contributed by atoms with E-state index in [2.05, 4.69) is 43.2 Å². The van der Waals surface area contributed by atoms with E-state index in [-0.39, 0.29) is 0 Å². The molecule has 0 bridgehead atoms. The van der Waals surface area contributed by atoms with E-state index in [0.29, 0.717) is 0 Å². The van der Waals surface area contributed by atoms with Crippen LogP contribution in [0.2, 0.25) is 0 Å². The number of nitrogens with zero attached hydrogens (tertiary/aromatic N) is 1. The minimum atomic E-state index is 0.851. The normalized spacial score (nSPS) is 15.6. The molecule has 19 heavy (non-hydrogen) atoms. The van der Waals surface area contributed by atoms with Gasteiger partial charge in [-0.1, -0.05) is 12.1 Å². The summed E-state index contributed by atoms with van der Waals surface area (Å²) in [5.74, 6) is 1.88. The van der Waals surface area contributed by atoms with Crippen LogP contribution in [0.15, 0.2) is 12.1 Å². The molecule has 2 rings (SSSR count). The van der Waals surface area contributed by atoms with Gasteiger partial charge in [0.1, 0.15) is 5.75 Å². The molecule has 0 aliphatic carbocycles. The maximum absolute atomic E-state index is 5.41. The number of hydrogen-bond donors (Lipinski definition) is 1. The molecule has 1 aromatic rings. The highest BCUT2D eigenvalue weighted by Gasteiger charge is 2.18. The number of rotatable bonds is 6. The van der Waals surface area contributed by atoms with Crippen molar-refractivity contribution in [2.45, 2.75) is 20.3 Å². The maximum Gasteiger partial charge on any atom is 0.124 e. The Labute approximate surface area is 116 Å². The lowest BCUT2D eigenvalue weighted by molar-refractivity contribution is 0.226. The van der Waals surface area contributed by atoms with Gasteiger partial charge in [-0.15, -0.1) is 0 Å². The Morgan fingerprint density at radius 2 is 1.89 bits per heavy atom. The molecule has 1 aliphatic rings. The number of ether oxygens (including phenoxy) is 1. The fourth-order valence-electron chi connectivity index (χ4n) is 2.84. The van der Waals surface area contributed by atoms with Crippen LogP contribution in [0.25, 0.3) is 0 Å². The monoisotopic (exact) mass is 262 g/mol. The van der Waals surface area contributed by atoms with Crippen LogP contribution in [-0.4, -0.2) is 45.2 Å². The molecule has 1 N–H and O–H groups in total. The third kappa shape index (κ3) is 3.71. The fourth-order valence-corrected chi connectivity index (χ4v) is 2.84. The van der Waals surface area contributed by atoms with Gasteiger partial charge in [0.15, 0.2) is 0 Å². The summed E-state index contributed by atoms with van der Waals surface area (Å²) in [6, 6.07) is 4.51. The molecule has 0 aromatic heterocycles. The molecule has 1 aromatic carbocycles. The summed E-state index contributed by atoms with van der Waals surface area (Å²) < 4.78 is 5.41. The summed E-state index contributed by atoms with van der Waals surface area (Å²) in [6.45, 7) is 8.96. The molecule has 0 spiro atoms. The van der Waals surface area contributed by atoms with Crippen LogP contribution in [0, 0.1) is 19.8 Å². The van der Waals surface area contributed by atoms with Gasteiger partial charge in [-0.2, -0.15) is 0 Å². The molecule has 1 fully saturated rings. The highest BCUT2D eigenvalue weighted by atomic mass is 16.5. The molecular weight excluding hydrogens is 236 g/mol. The van der Waals surface area contributed by atoms with Gasteiger partial charge in [0.2, 0.25) is 0 Å². The smallest absolute Gasteiger partial charge is 0.124 e. The van der Waals surface area contributed by atoms with Gasteiger partial charge >= 0.3 is 0 Å². The van der Waals surface area contributed by atoms with Gasteiger partial charge in [0.25, 0.3) is 0 Å². The Morgan fingerprint density at radius 1 is 1.26 bits per heavy atom. The second-order valence-corrected chi connectivity index (χ2v) is 5.80. The molecule has 106 valence electrons. The Hall–Kier alpha value is -1.06. The molecule has 1 saturated heterocycles. The average molecular weight is 262 g/mol. The first-order valence-corrected chi connectivity index (χ1v) is 7.13. The van der Waals surface area contributed by atoms with Crippen LogP contribution >= 0.6 is 0 Å². The predicted octanol–water partition coefficient (Wildman–Crippen LogP) is 2.01. The molecule has 1 heterocycles. The lowest BCUT2D eigenvalue weighted by Gasteiger charge is -2.31. The largest absolute Gasteiger partial charge is 0.496 e. The zero-order valence-corrected chi connectivity index (χ0v) is 12.6. The van der Waals surface area contributed by atoms with Gasteiger partial charge in [0, 0.05) is 26.2 Å². The topological polar surface area (TPSA) is 24.5 Å². The van der Waals surface area contributed by atoms with Gasteiger partial charge in [0.05, 0.1) is 7.11 Å². The van der Waals surface area contributed by atoms with E-state index in [1.54, 1.807) is 7.11 Å². The summed E-state index contributed by atoms with van der Waals surface area (Å²) >= 11 is 0. The van der Waals surface area contributed by atoms with Gasteiger partial charge in [-0.3, -0.25) is 0 Å². The second kappa shape index (κ2) is 6.40. The van der Waals surface area contributed by atoms with Crippen molar-refractivity contribution in [1.29, 1.82) is 0 Å². The van der Waals surface area contributed by atoms with Crippen LogP contribution in [0.5, 0.6) is 5.75 Å². The fraction of sp³-hybridized carbons (Fsp3) is 0.625. The summed E-state index contributed by atoms with van der Waals surface area (Å²) in [4.78, 5) is 2.44. The van der Waals surface area contributed by atoms with Crippen molar-refractivity contribution in [1.82, 2.24) is 10.2 Å². The van der Waals surface area contributed by atoms with Gasteiger partial charge < -0.3 is 15.0 Å². The zero-order chi connectivity index (χ0) is 13.8. The molecule has 0 saturated carbocycles. The van der Waals surface area contributed by atoms with Crippen molar-refractivity contribution in [2.75, 3.05) is 40.3 Å². The number of methoxy groups -OCH3 is 1. The second-order valence-electron chi connectivity index (χ2n) is 5.80. The minimum Gasteiger partial charge on any atom is -0.496 e. The Balaban J connectivity index is 1.88. The van der Waals surface area contributed by atoms with E-state index in [0.717, 1.165) is 24.6 Å². The van der Waals surface area contributed by atoms with Crippen LogP contribution in [0.1, 0.15) is 16.7 Å². The predicted molar refractivity (Wildman–Crippen MR) is 80.0 cm³/mol. The standard InChI is InChI=1S/C16H26N2O/c1-12-7-14(8-13(2)16(12)19-4)5-6-18(3)11-15-9-17-10-15/h7-8,15,17H,5-6,9-11H2,1-4H3. The highest BCUT2D eigenvalue weighted by molar-refractivity contribution is 5.43. The maximum atomic E-state index is 5.41. The molecular formula is C16H26N2O. The first-order chi connectivity index (χ1) is 9.10. The van der Waals surface area contributed by atoms with Crippen molar-refractivity contribution < 1.29 is 4.74 Å². The first kappa shape index (κ1) is 14.4. The van der Waals surface area contributed by atoms with Crippen molar-refractivity contribution in [3.8, 4) is 5.75 Å². The lowest BCUT2D eigenvalue weighted by atomic mass is 10.0. The quantitative estimate of drug-likeness (QED) is 0.849. The number of aryl methyl sites for hydroxylation is 2. The Kier molecular flexibility index (Phi) is 4.83. The molecule has 1 aliphatic heterocycles. The zero-order valence-electron chi connectivity index (χ0n) is 12.6. The average Bonchev–Trinajstić information content (AvgIpc) is 2.31. The highest BCUT2D eigenvalue weighted by Crippen LogP contribution is 2.24. The number of likely N-dealkylation sites (N-methyl/N-ethyl adjacent to an activating group) is 1. The van der Waals surface area contributed by atoms with Crippen LogP contribution in [-0.2, 0) is 6.42 Å². The van der Waals surface area contributed by atoms with E-state index in [4.69, 9.17) is 4.74 Å². The molecule has 0 amide bonds. The SMILES string of the molecule is COc1c(C)cc(CCN(C)CC2CNC2)cc1C. The number of hydrogen-bond acceptors (Lipinski definition) is 3. The van der Waals surface area contributed by atoms with E-state index >= 15 is 0 Å². The van der Waals surface area contributed by atoms with E-state index in [1.165, 1.54) is 36.3 Å². The summed E-state index contributed by atoms with van der Waals surface area (Å²) in [5.41, 5.74) is 3.89. The van der Waals surface area contributed by atoms with Gasteiger partial charge in [-0.25, -0.2) is 0 Å². The molecule has 0 unspecified atom stereocenters. The summed E-state index contributed by atoms with van der Waals surface area (Å²) in [7, 11) is 3.97. The van der Waals surface area contributed by atoms with E-state index < -0.39 is 0 Å². The van der Waals surface area contributed by atoms with Crippen molar-refractivity contribution in [3.05, 3.63) is 28.8 Å². The lowest BCUT2D eigenvalue weighted by Crippen LogP contribution is -2.47. The van der Waals surface area contributed by atoms with Crippen molar-refractivity contribution in [2.24, 2.45) is 5.92 Å². The molecule has 0 atom stereocenters.